The molecule has 1 amide bonds. The van der Waals surface area contributed by atoms with Crippen LogP contribution in [0, 0.1) is 6.92 Å². The standard InChI is InChI=1S/C8H12N4O3S/c1-3-15-7(14)5(9)6(13)10-8-12-11-4(2)16-8/h5H,3,9H2,1-2H3,(H,10,12,13). The van der Waals surface area contributed by atoms with E-state index in [0.29, 0.717) is 10.1 Å². The van der Waals surface area contributed by atoms with Crippen molar-refractivity contribution in [1.82, 2.24) is 10.2 Å². The van der Waals surface area contributed by atoms with Crippen LogP contribution in [0.4, 0.5) is 5.13 Å². The molecule has 7 nitrogen and oxygen atoms in total. The number of carbonyl (C=O) groups is 2. The molecule has 1 atom stereocenters. The van der Waals surface area contributed by atoms with Crippen molar-refractivity contribution in [2.45, 2.75) is 19.9 Å². The quantitative estimate of drug-likeness (QED) is 0.555. The van der Waals surface area contributed by atoms with Gasteiger partial charge in [-0.2, -0.15) is 0 Å². The van der Waals surface area contributed by atoms with Crippen LogP contribution in [0.3, 0.4) is 0 Å². The number of aryl methyl sites for hydroxylation is 1. The molecule has 3 N–H and O–H groups in total. The van der Waals surface area contributed by atoms with Crippen molar-refractivity contribution in [2.24, 2.45) is 5.73 Å². The van der Waals surface area contributed by atoms with Gasteiger partial charge in [-0.05, 0) is 13.8 Å². The molecule has 1 heterocycles. The van der Waals surface area contributed by atoms with Crippen LogP contribution in [0.5, 0.6) is 0 Å². The molecule has 0 fully saturated rings. The first-order chi connectivity index (χ1) is 7.54. The number of nitrogens with two attached hydrogens (primary N) is 1. The van der Waals surface area contributed by atoms with Crippen LogP contribution in [0.1, 0.15) is 11.9 Å². The highest BCUT2D eigenvalue weighted by molar-refractivity contribution is 7.15. The molecule has 16 heavy (non-hydrogen) atoms. The maximum atomic E-state index is 11.4. The van der Waals surface area contributed by atoms with Gasteiger partial charge < -0.3 is 10.5 Å². The summed E-state index contributed by atoms with van der Waals surface area (Å²) < 4.78 is 4.61. The topological polar surface area (TPSA) is 107 Å². The highest BCUT2D eigenvalue weighted by Crippen LogP contribution is 2.13. The molecule has 0 saturated carbocycles. The fourth-order valence-electron chi connectivity index (χ4n) is 0.869. The van der Waals surface area contributed by atoms with Crippen molar-refractivity contribution >= 4 is 28.3 Å². The summed E-state index contributed by atoms with van der Waals surface area (Å²) >= 11 is 1.20. The van der Waals surface area contributed by atoms with Gasteiger partial charge in [-0.3, -0.25) is 10.1 Å². The third kappa shape index (κ3) is 3.24. The summed E-state index contributed by atoms with van der Waals surface area (Å²) in [5, 5.41) is 10.8. The number of anilines is 1. The molecule has 0 aliphatic heterocycles. The Hall–Kier alpha value is -1.54. The van der Waals surface area contributed by atoms with Crippen molar-refractivity contribution in [3.63, 3.8) is 0 Å². The smallest absolute Gasteiger partial charge is 0.332 e. The molecule has 0 aromatic carbocycles. The van der Waals surface area contributed by atoms with Crippen LogP contribution >= 0.6 is 11.3 Å². The Balaban J connectivity index is 2.55. The summed E-state index contributed by atoms with van der Waals surface area (Å²) in [6.45, 7) is 3.56. The van der Waals surface area contributed by atoms with Crippen LogP contribution in [-0.2, 0) is 14.3 Å². The Morgan fingerprint density at radius 3 is 2.75 bits per heavy atom. The van der Waals surface area contributed by atoms with Gasteiger partial charge in [0.15, 0.2) is 6.04 Å². The number of hydrogen-bond acceptors (Lipinski definition) is 7. The molecule has 1 aromatic rings. The van der Waals surface area contributed by atoms with E-state index in [0.717, 1.165) is 0 Å². The van der Waals surface area contributed by atoms with Gasteiger partial charge in [-0.15, -0.1) is 10.2 Å². The van der Waals surface area contributed by atoms with Crippen LogP contribution in [0.2, 0.25) is 0 Å². The molecule has 1 unspecified atom stereocenters. The maximum Gasteiger partial charge on any atom is 0.332 e. The zero-order valence-corrected chi connectivity index (χ0v) is 9.71. The Bertz CT molecular complexity index is 392. The Morgan fingerprint density at radius 2 is 2.25 bits per heavy atom. The maximum absolute atomic E-state index is 11.4. The fourth-order valence-corrected chi connectivity index (χ4v) is 1.46. The van der Waals surface area contributed by atoms with Gasteiger partial charge in [0.25, 0.3) is 5.91 Å². The lowest BCUT2D eigenvalue weighted by Gasteiger charge is -2.08. The second-order valence-electron chi connectivity index (χ2n) is 2.85. The number of nitrogens with one attached hydrogen (secondary N) is 1. The highest BCUT2D eigenvalue weighted by Gasteiger charge is 2.24. The molecule has 0 radical (unpaired) electrons. The molecule has 0 bridgehead atoms. The number of esters is 1. The average molecular weight is 244 g/mol. The second-order valence-corrected chi connectivity index (χ2v) is 4.03. The summed E-state index contributed by atoms with van der Waals surface area (Å²) in [5.74, 6) is -1.42. The van der Waals surface area contributed by atoms with E-state index < -0.39 is 17.9 Å². The van der Waals surface area contributed by atoms with Crippen LogP contribution in [-0.4, -0.2) is 34.7 Å². The minimum absolute atomic E-state index is 0.178. The number of carbonyl (C=O) groups excluding carboxylic acids is 2. The molecule has 88 valence electrons. The molecule has 1 rings (SSSR count). The molecule has 1 aromatic heterocycles. The van der Waals surface area contributed by atoms with Crippen LogP contribution < -0.4 is 11.1 Å². The van der Waals surface area contributed by atoms with Crippen LogP contribution in [0.25, 0.3) is 0 Å². The number of nitrogens with zero attached hydrogens (tertiary/aromatic N) is 2. The molecule has 0 aliphatic rings. The SMILES string of the molecule is CCOC(=O)C(N)C(=O)Nc1nnc(C)s1. The number of hydrogen-bond donors (Lipinski definition) is 2. The van der Waals surface area contributed by atoms with Crippen LogP contribution in [0.15, 0.2) is 0 Å². The van der Waals surface area contributed by atoms with Crippen molar-refractivity contribution < 1.29 is 14.3 Å². The molecule has 0 spiro atoms. The van der Waals surface area contributed by atoms with Gasteiger partial charge >= 0.3 is 5.97 Å². The Morgan fingerprint density at radius 1 is 1.56 bits per heavy atom. The highest BCUT2D eigenvalue weighted by atomic mass is 32.1. The normalized spacial score (nSPS) is 11.9. The number of aromatic nitrogens is 2. The van der Waals surface area contributed by atoms with E-state index >= 15 is 0 Å². The third-order valence-corrected chi connectivity index (χ3v) is 2.33. The van der Waals surface area contributed by atoms with Crippen molar-refractivity contribution in [3.05, 3.63) is 5.01 Å². The number of rotatable bonds is 4. The lowest BCUT2D eigenvalue weighted by molar-refractivity contribution is -0.146. The molecular weight excluding hydrogens is 232 g/mol. The largest absolute Gasteiger partial charge is 0.464 e. The lowest BCUT2D eigenvalue weighted by Crippen LogP contribution is -2.43. The first-order valence-corrected chi connectivity index (χ1v) is 5.39. The fraction of sp³-hybridized carbons (Fsp3) is 0.500. The zero-order chi connectivity index (χ0) is 12.1. The van der Waals surface area contributed by atoms with E-state index in [1.807, 2.05) is 0 Å². The van der Waals surface area contributed by atoms with E-state index in [1.54, 1.807) is 13.8 Å². The Labute approximate surface area is 96.0 Å². The van der Waals surface area contributed by atoms with Gasteiger partial charge in [-0.1, -0.05) is 11.3 Å². The van der Waals surface area contributed by atoms with E-state index in [-0.39, 0.29) is 6.61 Å². The monoisotopic (exact) mass is 244 g/mol. The molecule has 0 saturated heterocycles. The zero-order valence-electron chi connectivity index (χ0n) is 8.89. The van der Waals surface area contributed by atoms with Gasteiger partial charge in [-0.25, -0.2) is 4.79 Å². The molecule has 0 aliphatic carbocycles. The van der Waals surface area contributed by atoms with Crippen molar-refractivity contribution in [2.75, 3.05) is 11.9 Å². The summed E-state index contributed by atoms with van der Waals surface area (Å²) in [4.78, 5) is 22.6. The second kappa shape index (κ2) is 5.52. The van der Waals surface area contributed by atoms with Crippen molar-refractivity contribution in [3.8, 4) is 0 Å². The van der Waals surface area contributed by atoms with Crippen molar-refractivity contribution in [1.29, 1.82) is 0 Å². The van der Waals surface area contributed by atoms with Gasteiger partial charge in [0, 0.05) is 0 Å². The summed E-state index contributed by atoms with van der Waals surface area (Å²) in [5.41, 5.74) is 5.37. The lowest BCUT2D eigenvalue weighted by atomic mass is 10.3. The predicted molar refractivity (Wildman–Crippen MR) is 57.9 cm³/mol. The van der Waals surface area contributed by atoms with E-state index in [4.69, 9.17) is 5.73 Å². The molecule has 8 heteroatoms. The first kappa shape index (κ1) is 12.5. The minimum atomic E-state index is -1.34. The minimum Gasteiger partial charge on any atom is -0.464 e. The summed E-state index contributed by atoms with van der Waals surface area (Å²) in [7, 11) is 0. The van der Waals surface area contributed by atoms with E-state index in [1.165, 1.54) is 11.3 Å². The number of amides is 1. The van der Waals surface area contributed by atoms with Gasteiger partial charge in [0.2, 0.25) is 5.13 Å². The predicted octanol–water partition coefficient (Wildman–Crippen LogP) is -0.325. The molecular formula is C8H12N4O3S. The van der Waals surface area contributed by atoms with E-state index in [9.17, 15) is 9.59 Å². The number of ether oxygens (including phenoxy) is 1. The Kier molecular flexibility index (Phi) is 4.32. The summed E-state index contributed by atoms with van der Waals surface area (Å²) in [6, 6.07) is -1.34. The summed E-state index contributed by atoms with van der Waals surface area (Å²) in [6.07, 6.45) is 0. The first-order valence-electron chi connectivity index (χ1n) is 4.57. The van der Waals surface area contributed by atoms with Gasteiger partial charge in [0.1, 0.15) is 5.01 Å². The van der Waals surface area contributed by atoms with Gasteiger partial charge in [0.05, 0.1) is 6.61 Å². The third-order valence-electron chi connectivity index (χ3n) is 1.58. The average Bonchev–Trinajstić information content (AvgIpc) is 2.63. The van der Waals surface area contributed by atoms with E-state index in [2.05, 4.69) is 20.3 Å².